The number of hydrogen-bond donors (Lipinski definition) is 1. The monoisotopic (exact) mass is 538 g/mol. The second-order valence-corrected chi connectivity index (χ2v) is 10.6. The van der Waals surface area contributed by atoms with Gasteiger partial charge in [-0.05, 0) is 90.8 Å². The number of benzene rings is 3. The SMILES string of the molecule is C=C(Oc1c(Cl)cccc1C1CC1)c1cccc(F)c1CC(CCc1ccc(C(=O)O)cc1F)C(C)CC. The van der Waals surface area contributed by atoms with Gasteiger partial charge in [-0.1, -0.05) is 68.8 Å². The highest BCUT2D eigenvalue weighted by molar-refractivity contribution is 6.32. The van der Waals surface area contributed by atoms with E-state index in [0.29, 0.717) is 58.4 Å². The number of ether oxygens (including phenoxy) is 1. The first-order chi connectivity index (χ1) is 18.2. The van der Waals surface area contributed by atoms with E-state index in [1.54, 1.807) is 12.1 Å². The van der Waals surface area contributed by atoms with Crippen molar-refractivity contribution in [2.75, 3.05) is 0 Å². The Morgan fingerprint density at radius 3 is 2.53 bits per heavy atom. The van der Waals surface area contributed by atoms with Crippen LogP contribution in [0.4, 0.5) is 8.78 Å². The fourth-order valence-corrected chi connectivity index (χ4v) is 5.18. The van der Waals surface area contributed by atoms with Gasteiger partial charge >= 0.3 is 5.97 Å². The van der Waals surface area contributed by atoms with Crippen LogP contribution < -0.4 is 4.74 Å². The van der Waals surface area contributed by atoms with E-state index in [9.17, 15) is 9.18 Å². The van der Waals surface area contributed by atoms with Crippen LogP contribution >= 0.6 is 11.6 Å². The number of para-hydroxylation sites is 1. The smallest absolute Gasteiger partial charge is 0.335 e. The summed E-state index contributed by atoms with van der Waals surface area (Å²) in [6, 6.07) is 14.6. The minimum atomic E-state index is -1.16. The molecule has 0 aliphatic heterocycles. The van der Waals surface area contributed by atoms with Crippen molar-refractivity contribution in [3.8, 4) is 5.75 Å². The Bertz CT molecular complexity index is 1330. The number of carboxylic acid groups (broad SMARTS) is 1. The van der Waals surface area contributed by atoms with Crippen molar-refractivity contribution in [3.05, 3.63) is 106 Å². The van der Waals surface area contributed by atoms with E-state index >= 15 is 4.39 Å². The van der Waals surface area contributed by atoms with Crippen molar-refractivity contribution in [1.82, 2.24) is 0 Å². The zero-order valence-corrected chi connectivity index (χ0v) is 22.5. The molecule has 1 N–H and O–H groups in total. The van der Waals surface area contributed by atoms with Gasteiger partial charge in [-0.3, -0.25) is 0 Å². The third kappa shape index (κ3) is 6.44. The molecule has 1 aliphatic carbocycles. The zero-order chi connectivity index (χ0) is 27.4. The van der Waals surface area contributed by atoms with Gasteiger partial charge in [0.05, 0.1) is 10.6 Å². The van der Waals surface area contributed by atoms with Crippen molar-refractivity contribution in [2.24, 2.45) is 11.8 Å². The van der Waals surface area contributed by atoms with Crippen LogP contribution in [0.5, 0.6) is 5.75 Å². The maximum Gasteiger partial charge on any atom is 0.335 e. The average Bonchev–Trinajstić information content (AvgIpc) is 3.74. The number of rotatable bonds is 12. The lowest BCUT2D eigenvalue weighted by atomic mass is 9.81. The highest BCUT2D eigenvalue weighted by atomic mass is 35.5. The number of carbonyl (C=O) groups is 1. The van der Waals surface area contributed by atoms with Crippen molar-refractivity contribution < 1.29 is 23.4 Å². The summed E-state index contributed by atoms with van der Waals surface area (Å²) in [5, 5.41) is 9.61. The average molecular weight is 539 g/mol. The van der Waals surface area contributed by atoms with Gasteiger partial charge in [0.25, 0.3) is 0 Å². The molecule has 3 aromatic carbocycles. The van der Waals surface area contributed by atoms with E-state index in [1.807, 2.05) is 18.2 Å². The minimum Gasteiger partial charge on any atom is -0.478 e. The van der Waals surface area contributed by atoms with Crippen LogP contribution in [-0.2, 0) is 12.8 Å². The van der Waals surface area contributed by atoms with Crippen molar-refractivity contribution in [3.63, 3.8) is 0 Å². The van der Waals surface area contributed by atoms with Crippen molar-refractivity contribution in [2.45, 2.75) is 58.3 Å². The molecular formula is C32H33ClF2O3. The first-order valence-electron chi connectivity index (χ1n) is 13.1. The first kappa shape index (κ1) is 27.8. The van der Waals surface area contributed by atoms with Crippen LogP contribution in [0.15, 0.2) is 61.2 Å². The van der Waals surface area contributed by atoms with Gasteiger partial charge in [0.2, 0.25) is 0 Å². The van der Waals surface area contributed by atoms with E-state index in [2.05, 4.69) is 20.4 Å². The van der Waals surface area contributed by atoms with Gasteiger partial charge in [0.1, 0.15) is 23.1 Å². The van der Waals surface area contributed by atoms with Crippen LogP contribution in [0.25, 0.3) is 5.76 Å². The number of carboxylic acids is 1. The maximum absolute atomic E-state index is 15.3. The number of aryl methyl sites for hydroxylation is 1. The molecule has 0 heterocycles. The Morgan fingerprint density at radius 1 is 1.13 bits per heavy atom. The zero-order valence-electron chi connectivity index (χ0n) is 21.8. The molecule has 0 aromatic heterocycles. The number of halogens is 3. The molecule has 0 saturated heterocycles. The van der Waals surface area contributed by atoms with E-state index in [-0.39, 0.29) is 23.2 Å². The Kier molecular flexibility index (Phi) is 8.88. The van der Waals surface area contributed by atoms with Gasteiger partial charge in [0.15, 0.2) is 0 Å². The Labute approximate surface area is 228 Å². The van der Waals surface area contributed by atoms with Crippen LogP contribution in [0.2, 0.25) is 5.02 Å². The van der Waals surface area contributed by atoms with Gasteiger partial charge in [-0.15, -0.1) is 0 Å². The molecule has 1 fully saturated rings. The number of hydrogen-bond acceptors (Lipinski definition) is 2. The molecule has 3 aromatic rings. The largest absolute Gasteiger partial charge is 0.478 e. The van der Waals surface area contributed by atoms with E-state index < -0.39 is 11.8 Å². The highest BCUT2D eigenvalue weighted by Crippen LogP contribution is 2.47. The molecule has 0 bridgehead atoms. The Morgan fingerprint density at radius 2 is 1.87 bits per heavy atom. The molecule has 3 nitrogen and oxygen atoms in total. The topological polar surface area (TPSA) is 46.5 Å². The molecule has 6 heteroatoms. The Hall–Kier alpha value is -3.18. The van der Waals surface area contributed by atoms with Gasteiger partial charge in [-0.2, -0.15) is 0 Å². The summed E-state index contributed by atoms with van der Waals surface area (Å²) in [5.41, 5.74) is 2.53. The normalized spacial score (nSPS) is 14.7. The third-order valence-electron chi connectivity index (χ3n) is 7.66. The maximum atomic E-state index is 15.3. The van der Waals surface area contributed by atoms with Crippen molar-refractivity contribution >= 4 is 23.3 Å². The predicted octanol–water partition coefficient (Wildman–Crippen LogP) is 9.08. The molecule has 0 spiro atoms. The highest BCUT2D eigenvalue weighted by Gasteiger charge is 2.29. The van der Waals surface area contributed by atoms with E-state index in [1.165, 1.54) is 18.2 Å². The van der Waals surface area contributed by atoms with Crippen LogP contribution in [0.1, 0.15) is 78.1 Å². The summed E-state index contributed by atoms with van der Waals surface area (Å²) < 4.78 is 36.1. The molecule has 1 saturated carbocycles. The second kappa shape index (κ2) is 12.1. The predicted molar refractivity (Wildman–Crippen MR) is 148 cm³/mol. The quantitative estimate of drug-likeness (QED) is 0.234. The summed E-state index contributed by atoms with van der Waals surface area (Å²) in [6.45, 7) is 8.34. The summed E-state index contributed by atoms with van der Waals surface area (Å²) >= 11 is 6.48. The fourth-order valence-electron chi connectivity index (χ4n) is 4.96. The molecular weight excluding hydrogens is 506 g/mol. The minimum absolute atomic E-state index is 0.0596. The number of aromatic carboxylic acids is 1. The first-order valence-corrected chi connectivity index (χ1v) is 13.5. The van der Waals surface area contributed by atoms with E-state index in [4.69, 9.17) is 21.4 Å². The van der Waals surface area contributed by atoms with Gasteiger partial charge in [0, 0.05) is 5.56 Å². The molecule has 0 amide bonds. The van der Waals surface area contributed by atoms with Crippen LogP contribution in [0, 0.1) is 23.5 Å². The summed E-state index contributed by atoms with van der Waals surface area (Å²) in [5.74, 6) is -0.381. The van der Waals surface area contributed by atoms with Crippen molar-refractivity contribution in [1.29, 1.82) is 0 Å². The summed E-state index contributed by atoms with van der Waals surface area (Å²) in [6.07, 6.45) is 4.54. The Balaban J connectivity index is 1.56. The summed E-state index contributed by atoms with van der Waals surface area (Å²) in [7, 11) is 0. The van der Waals surface area contributed by atoms with E-state index in [0.717, 1.165) is 30.9 Å². The molecule has 1 aliphatic rings. The molecule has 38 heavy (non-hydrogen) atoms. The van der Waals surface area contributed by atoms with Gasteiger partial charge in [-0.25, -0.2) is 13.6 Å². The molecule has 200 valence electrons. The third-order valence-corrected chi connectivity index (χ3v) is 7.96. The van der Waals surface area contributed by atoms with Crippen LogP contribution in [0.3, 0.4) is 0 Å². The molecule has 4 rings (SSSR count). The summed E-state index contributed by atoms with van der Waals surface area (Å²) in [4.78, 5) is 11.1. The molecule has 0 radical (unpaired) electrons. The fraction of sp³-hybridized carbons (Fsp3) is 0.344. The lowest BCUT2D eigenvalue weighted by Crippen LogP contribution is -2.18. The van der Waals surface area contributed by atoms with Crippen LogP contribution in [-0.4, -0.2) is 11.1 Å². The second-order valence-electron chi connectivity index (χ2n) is 10.2. The molecule has 2 atom stereocenters. The lowest BCUT2D eigenvalue weighted by molar-refractivity contribution is 0.0696. The lowest BCUT2D eigenvalue weighted by Gasteiger charge is -2.25. The standard InChI is InChI=1S/C32H33ClF2O3/c1-4-19(2)23(15-13-22-14-16-24(32(36)37)18-30(22)35)17-27-25(7-6-10-29(27)34)20(3)38-31-26(21-11-12-21)8-5-9-28(31)33/h5-10,14,16,18-19,21,23H,3-4,11-13,15,17H2,1-2H3,(H,36,37). The molecule has 2 unspecified atom stereocenters. The van der Waals surface area contributed by atoms with Gasteiger partial charge < -0.3 is 9.84 Å².